The number of amides is 2. The standard InChI is InChI=1S/C28H31N3O6S/c1-34-23-10-9-21(24(35-2)25(23)36-3)27(32)30-13-11-18(12-14-30)26-29-22(17-38-26)28(33)31-15-20(16-31)37-19-7-5-4-6-8-19/h4-10,17-18,20H,11-16H2,1-3H3. The number of carbonyl (C=O) groups excluding carboxylic acids is 2. The van der Waals surface area contributed by atoms with Gasteiger partial charge < -0.3 is 28.7 Å². The molecule has 2 amide bonds. The molecule has 0 spiro atoms. The van der Waals surface area contributed by atoms with E-state index >= 15 is 0 Å². The molecule has 2 aromatic carbocycles. The second-order valence-electron chi connectivity index (χ2n) is 9.28. The van der Waals surface area contributed by atoms with Crippen LogP contribution in [0.15, 0.2) is 47.8 Å². The zero-order valence-corrected chi connectivity index (χ0v) is 22.5. The number of hydrogen-bond acceptors (Lipinski definition) is 8. The SMILES string of the molecule is COc1ccc(C(=O)N2CCC(c3nc(C(=O)N4CC(Oc5ccccc5)C4)cs3)CC2)c(OC)c1OC. The summed E-state index contributed by atoms with van der Waals surface area (Å²) in [5, 5.41) is 2.79. The highest BCUT2D eigenvalue weighted by molar-refractivity contribution is 7.09. The number of aromatic nitrogens is 1. The minimum atomic E-state index is -0.110. The maximum atomic E-state index is 13.3. The Morgan fingerprint density at radius 3 is 2.24 bits per heavy atom. The normalized spacial score (nSPS) is 16.1. The Bertz CT molecular complexity index is 1280. The zero-order valence-electron chi connectivity index (χ0n) is 21.7. The van der Waals surface area contributed by atoms with E-state index in [1.165, 1.54) is 25.6 Å². The Balaban J connectivity index is 1.16. The molecule has 0 unspecified atom stereocenters. The van der Waals surface area contributed by atoms with E-state index < -0.39 is 0 Å². The van der Waals surface area contributed by atoms with Crippen molar-refractivity contribution >= 4 is 23.2 Å². The van der Waals surface area contributed by atoms with Gasteiger partial charge in [0.15, 0.2) is 11.5 Å². The molecule has 0 aliphatic carbocycles. The highest BCUT2D eigenvalue weighted by Gasteiger charge is 2.35. The molecule has 200 valence electrons. The third kappa shape index (κ3) is 5.13. The van der Waals surface area contributed by atoms with Crippen LogP contribution >= 0.6 is 11.3 Å². The van der Waals surface area contributed by atoms with Gasteiger partial charge in [-0.3, -0.25) is 9.59 Å². The van der Waals surface area contributed by atoms with Gasteiger partial charge in [-0.2, -0.15) is 0 Å². The average Bonchev–Trinajstić information content (AvgIpc) is 3.44. The third-order valence-electron chi connectivity index (χ3n) is 6.99. The molecular weight excluding hydrogens is 506 g/mol. The Kier molecular flexibility index (Phi) is 7.69. The highest BCUT2D eigenvalue weighted by Crippen LogP contribution is 2.41. The lowest BCUT2D eigenvalue weighted by atomic mass is 9.96. The smallest absolute Gasteiger partial charge is 0.273 e. The predicted octanol–water partition coefficient (Wildman–Crippen LogP) is 4.09. The van der Waals surface area contributed by atoms with Crippen LogP contribution in [0.25, 0.3) is 0 Å². The number of likely N-dealkylation sites (tertiary alicyclic amines) is 2. The van der Waals surface area contributed by atoms with Crippen LogP contribution in [0, 0.1) is 0 Å². The van der Waals surface area contributed by atoms with Gasteiger partial charge in [0.25, 0.3) is 11.8 Å². The fraction of sp³-hybridized carbons (Fsp3) is 0.393. The summed E-state index contributed by atoms with van der Waals surface area (Å²) in [6, 6.07) is 13.1. The molecule has 5 rings (SSSR count). The van der Waals surface area contributed by atoms with Gasteiger partial charge in [-0.25, -0.2) is 4.98 Å². The second-order valence-corrected chi connectivity index (χ2v) is 10.2. The molecule has 0 N–H and O–H groups in total. The van der Waals surface area contributed by atoms with Crippen molar-refractivity contribution in [1.82, 2.24) is 14.8 Å². The van der Waals surface area contributed by atoms with Gasteiger partial charge in [-0.15, -0.1) is 11.3 Å². The van der Waals surface area contributed by atoms with Crippen LogP contribution in [0.2, 0.25) is 0 Å². The van der Waals surface area contributed by atoms with Gasteiger partial charge in [0.05, 0.1) is 45.0 Å². The first-order valence-corrected chi connectivity index (χ1v) is 13.4. The molecule has 9 nitrogen and oxygen atoms in total. The van der Waals surface area contributed by atoms with Gasteiger partial charge in [-0.1, -0.05) is 18.2 Å². The van der Waals surface area contributed by atoms with E-state index in [1.54, 1.807) is 24.1 Å². The minimum absolute atomic E-state index is 0.00520. The molecule has 0 saturated carbocycles. The first-order valence-electron chi connectivity index (χ1n) is 12.6. The molecule has 3 heterocycles. The van der Waals surface area contributed by atoms with E-state index in [4.69, 9.17) is 18.9 Å². The predicted molar refractivity (Wildman–Crippen MR) is 143 cm³/mol. The molecule has 2 saturated heterocycles. The second kappa shape index (κ2) is 11.3. The van der Waals surface area contributed by atoms with E-state index in [-0.39, 0.29) is 23.8 Å². The third-order valence-corrected chi connectivity index (χ3v) is 8.00. The molecule has 2 aliphatic rings. The summed E-state index contributed by atoms with van der Waals surface area (Å²) in [5.74, 6) is 2.12. The van der Waals surface area contributed by atoms with E-state index in [2.05, 4.69) is 4.98 Å². The van der Waals surface area contributed by atoms with Crippen molar-refractivity contribution in [1.29, 1.82) is 0 Å². The Morgan fingerprint density at radius 2 is 1.58 bits per heavy atom. The van der Waals surface area contributed by atoms with Crippen LogP contribution in [0.3, 0.4) is 0 Å². The lowest BCUT2D eigenvalue weighted by Crippen LogP contribution is -2.56. The molecule has 38 heavy (non-hydrogen) atoms. The monoisotopic (exact) mass is 537 g/mol. The van der Waals surface area contributed by atoms with Gasteiger partial charge in [0.1, 0.15) is 17.5 Å². The van der Waals surface area contributed by atoms with E-state index in [0.717, 1.165) is 23.6 Å². The van der Waals surface area contributed by atoms with Gasteiger partial charge in [0.2, 0.25) is 5.75 Å². The Morgan fingerprint density at radius 1 is 0.868 bits per heavy atom. The van der Waals surface area contributed by atoms with Crippen molar-refractivity contribution in [2.75, 3.05) is 47.5 Å². The van der Waals surface area contributed by atoms with Gasteiger partial charge in [0, 0.05) is 24.4 Å². The summed E-state index contributed by atoms with van der Waals surface area (Å²) in [5.41, 5.74) is 0.923. The van der Waals surface area contributed by atoms with E-state index in [9.17, 15) is 9.59 Å². The largest absolute Gasteiger partial charge is 0.493 e. The summed E-state index contributed by atoms with van der Waals surface area (Å²) >= 11 is 1.52. The molecule has 1 aromatic heterocycles. The highest BCUT2D eigenvalue weighted by atomic mass is 32.1. The summed E-state index contributed by atoms with van der Waals surface area (Å²) in [4.78, 5) is 34.5. The first kappa shape index (κ1) is 25.8. The molecule has 2 fully saturated rings. The van der Waals surface area contributed by atoms with E-state index in [1.807, 2.05) is 40.6 Å². The number of hydrogen-bond donors (Lipinski definition) is 0. The lowest BCUT2D eigenvalue weighted by Gasteiger charge is -2.38. The maximum Gasteiger partial charge on any atom is 0.273 e. The summed E-state index contributed by atoms with van der Waals surface area (Å²) in [6.45, 7) is 2.30. The Hall–Kier alpha value is -3.79. The maximum absolute atomic E-state index is 13.3. The number of methoxy groups -OCH3 is 3. The quantitative estimate of drug-likeness (QED) is 0.428. The Labute approximate surface area is 225 Å². The van der Waals surface area contributed by atoms with Crippen LogP contribution in [0.4, 0.5) is 0 Å². The minimum Gasteiger partial charge on any atom is -0.493 e. The van der Waals surface area contributed by atoms with Crippen LogP contribution in [-0.2, 0) is 0 Å². The average molecular weight is 538 g/mol. The van der Waals surface area contributed by atoms with Gasteiger partial charge in [-0.05, 0) is 37.1 Å². The van der Waals surface area contributed by atoms with Crippen LogP contribution in [0.5, 0.6) is 23.0 Å². The van der Waals surface area contributed by atoms with E-state index in [0.29, 0.717) is 54.7 Å². The molecular formula is C28H31N3O6S. The van der Waals surface area contributed by atoms with Crippen molar-refractivity contribution in [3.05, 3.63) is 64.1 Å². The molecule has 3 aromatic rings. The lowest BCUT2D eigenvalue weighted by molar-refractivity contribution is 0.0174. The summed E-state index contributed by atoms with van der Waals surface area (Å²) in [7, 11) is 4.58. The van der Waals surface area contributed by atoms with Crippen molar-refractivity contribution in [2.24, 2.45) is 0 Å². The van der Waals surface area contributed by atoms with Crippen LogP contribution < -0.4 is 18.9 Å². The molecule has 0 radical (unpaired) electrons. The summed E-state index contributed by atoms with van der Waals surface area (Å²) < 4.78 is 22.2. The van der Waals surface area contributed by atoms with Crippen LogP contribution in [0.1, 0.15) is 44.6 Å². The number of ether oxygens (including phenoxy) is 4. The molecule has 2 aliphatic heterocycles. The number of carbonyl (C=O) groups is 2. The fourth-order valence-corrected chi connectivity index (χ4v) is 5.84. The first-order chi connectivity index (χ1) is 18.5. The fourth-order valence-electron chi connectivity index (χ4n) is 4.87. The number of piperidine rings is 1. The van der Waals surface area contributed by atoms with Crippen molar-refractivity contribution in [3.8, 4) is 23.0 Å². The number of thiazole rings is 1. The van der Waals surface area contributed by atoms with Crippen molar-refractivity contribution in [3.63, 3.8) is 0 Å². The van der Waals surface area contributed by atoms with Crippen molar-refractivity contribution in [2.45, 2.75) is 24.9 Å². The topological polar surface area (TPSA) is 90.4 Å². The number of nitrogens with zero attached hydrogens (tertiary/aromatic N) is 3. The summed E-state index contributed by atoms with van der Waals surface area (Å²) in [6.07, 6.45) is 1.56. The number of rotatable bonds is 8. The molecule has 10 heteroatoms. The number of benzene rings is 2. The van der Waals surface area contributed by atoms with Gasteiger partial charge >= 0.3 is 0 Å². The molecule has 0 atom stereocenters. The van der Waals surface area contributed by atoms with Crippen LogP contribution in [-0.4, -0.2) is 80.2 Å². The number of para-hydroxylation sites is 1. The molecule has 0 bridgehead atoms. The zero-order chi connectivity index (χ0) is 26.6. The van der Waals surface area contributed by atoms with Crippen molar-refractivity contribution < 1.29 is 28.5 Å².